The fourth-order valence-electron chi connectivity index (χ4n) is 2.33. The van der Waals surface area contributed by atoms with Crippen molar-refractivity contribution in [1.82, 2.24) is 19.3 Å². The second kappa shape index (κ2) is 5.60. The van der Waals surface area contributed by atoms with Gasteiger partial charge >= 0.3 is 5.69 Å². The van der Waals surface area contributed by atoms with Gasteiger partial charge in [-0.05, 0) is 31.5 Å². The number of fused-ring (bicyclic) bond motifs is 1. The Labute approximate surface area is 128 Å². The Balaban J connectivity index is 2.28. The Morgan fingerprint density at radius 2 is 2.09 bits per heavy atom. The molecule has 0 aliphatic heterocycles. The highest BCUT2D eigenvalue weighted by atomic mass is 32.1. The minimum atomic E-state index is -1.25. The van der Waals surface area contributed by atoms with Crippen molar-refractivity contribution < 1.29 is 8.78 Å². The molecule has 3 aromatic rings. The van der Waals surface area contributed by atoms with Gasteiger partial charge in [0.15, 0.2) is 11.2 Å². The number of hydrogen-bond acceptors (Lipinski definition) is 4. The van der Waals surface area contributed by atoms with Gasteiger partial charge in [0.05, 0.1) is 11.0 Å². The zero-order valence-corrected chi connectivity index (χ0v) is 12.9. The van der Waals surface area contributed by atoms with Gasteiger partial charge in [-0.25, -0.2) is 18.1 Å². The molecule has 0 saturated heterocycles. The van der Waals surface area contributed by atoms with Crippen LogP contribution in [0.2, 0.25) is 0 Å². The highest BCUT2D eigenvalue weighted by Gasteiger charge is 2.19. The van der Waals surface area contributed by atoms with Crippen LogP contribution in [0.1, 0.15) is 31.4 Å². The van der Waals surface area contributed by atoms with E-state index in [-0.39, 0.29) is 15.8 Å². The Kier molecular flexibility index (Phi) is 3.78. The van der Waals surface area contributed by atoms with Gasteiger partial charge in [-0.2, -0.15) is 0 Å². The number of alkyl halides is 1. The summed E-state index contributed by atoms with van der Waals surface area (Å²) < 4.78 is 29.7. The largest absolute Gasteiger partial charge is 0.335 e. The standard InChI is InChI=1S/C14H14F2N4OS/c1-3-6-19-11-7-9(16)4-5-10(11)20(14(19)21)13-18-17-12(22-13)8(2)15/h4-5,7-8H,3,6H2,1-2H3. The van der Waals surface area contributed by atoms with E-state index in [1.54, 1.807) is 0 Å². The predicted octanol–water partition coefficient (Wildman–Crippen LogP) is 3.22. The summed E-state index contributed by atoms with van der Waals surface area (Å²) in [6.07, 6.45) is -0.512. The third-order valence-electron chi connectivity index (χ3n) is 3.30. The quantitative estimate of drug-likeness (QED) is 0.740. The van der Waals surface area contributed by atoms with E-state index in [2.05, 4.69) is 10.2 Å². The lowest BCUT2D eigenvalue weighted by Crippen LogP contribution is -2.23. The van der Waals surface area contributed by atoms with Crippen LogP contribution in [0, 0.1) is 5.82 Å². The molecule has 0 fully saturated rings. The highest BCUT2D eigenvalue weighted by molar-refractivity contribution is 7.13. The molecule has 1 atom stereocenters. The van der Waals surface area contributed by atoms with Crippen molar-refractivity contribution in [3.8, 4) is 5.13 Å². The summed E-state index contributed by atoms with van der Waals surface area (Å²) in [5.41, 5.74) is 0.711. The molecule has 5 nitrogen and oxygen atoms in total. The van der Waals surface area contributed by atoms with E-state index in [1.165, 1.54) is 34.3 Å². The Morgan fingerprint density at radius 1 is 1.32 bits per heavy atom. The van der Waals surface area contributed by atoms with Crippen molar-refractivity contribution >= 4 is 22.4 Å². The molecule has 0 saturated carbocycles. The van der Waals surface area contributed by atoms with Crippen LogP contribution in [-0.4, -0.2) is 19.3 Å². The molecule has 8 heteroatoms. The summed E-state index contributed by atoms with van der Waals surface area (Å²) in [5.74, 6) is -0.412. The van der Waals surface area contributed by atoms with Crippen LogP contribution in [0.5, 0.6) is 0 Å². The molecule has 22 heavy (non-hydrogen) atoms. The van der Waals surface area contributed by atoms with Crippen LogP contribution in [0.15, 0.2) is 23.0 Å². The maximum atomic E-state index is 13.5. The molecule has 0 amide bonds. The van der Waals surface area contributed by atoms with Gasteiger partial charge in [0.1, 0.15) is 5.82 Å². The first-order valence-corrected chi connectivity index (χ1v) is 7.73. The van der Waals surface area contributed by atoms with E-state index >= 15 is 0 Å². The number of aryl methyl sites for hydroxylation is 1. The van der Waals surface area contributed by atoms with Gasteiger partial charge in [-0.3, -0.25) is 4.57 Å². The summed E-state index contributed by atoms with van der Waals surface area (Å²) in [6, 6.07) is 4.13. The molecule has 2 aromatic heterocycles. The van der Waals surface area contributed by atoms with Gasteiger partial charge in [-0.1, -0.05) is 18.3 Å². The van der Waals surface area contributed by atoms with Crippen LogP contribution in [-0.2, 0) is 6.54 Å². The summed E-state index contributed by atoms with van der Waals surface area (Å²) >= 11 is 1.02. The third kappa shape index (κ3) is 2.33. The Hall–Kier alpha value is -2.09. The number of nitrogens with zero attached hydrogens (tertiary/aromatic N) is 4. The van der Waals surface area contributed by atoms with E-state index in [1.807, 2.05) is 6.92 Å². The number of halogens is 2. The smallest absolute Gasteiger partial charge is 0.291 e. The zero-order chi connectivity index (χ0) is 15.9. The van der Waals surface area contributed by atoms with E-state index in [0.29, 0.717) is 17.6 Å². The first-order valence-electron chi connectivity index (χ1n) is 6.91. The molecule has 1 unspecified atom stereocenters. The van der Waals surface area contributed by atoms with Crippen molar-refractivity contribution in [3.63, 3.8) is 0 Å². The number of rotatable bonds is 4. The number of aromatic nitrogens is 4. The molecule has 0 aliphatic carbocycles. The lowest BCUT2D eigenvalue weighted by molar-refractivity contribution is 0.371. The van der Waals surface area contributed by atoms with Gasteiger partial charge in [-0.15, -0.1) is 10.2 Å². The van der Waals surface area contributed by atoms with E-state index in [4.69, 9.17) is 0 Å². The van der Waals surface area contributed by atoms with Crippen LogP contribution in [0.3, 0.4) is 0 Å². The minimum Gasteiger partial charge on any atom is -0.291 e. The molecule has 1 aromatic carbocycles. The average molecular weight is 324 g/mol. The number of hydrogen-bond donors (Lipinski definition) is 0. The lowest BCUT2D eigenvalue weighted by atomic mass is 10.3. The second-order valence-electron chi connectivity index (χ2n) is 4.94. The zero-order valence-electron chi connectivity index (χ0n) is 12.1. The molecule has 0 N–H and O–H groups in total. The van der Waals surface area contributed by atoms with Crippen LogP contribution < -0.4 is 5.69 Å². The first kappa shape index (κ1) is 14.8. The topological polar surface area (TPSA) is 52.7 Å². The molecular formula is C14H14F2N4OS. The first-order chi connectivity index (χ1) is 10.5. The number of benzene rings is 1. The molecule has 0 bridgehead atoms. The minimum absolute atomic E-state index is 0.209. The van der Waals surface area contributed by atoms with Gasteiger partial charge in [0.25, 0.3) is 0 Å². The Morgan fingerprint density at radius 3 is 2.73 bits per heavy atom. The summed E-state index contributed by atoms with van der Waals surface area (Å²) in [5, 5.41) is 8.16. The van der Waals surface area contributed by atoms with Crippen LogP contribution >= 0.6 is 11.3 Å². The van der Waals surface area contributed by atoms with E-state index in [9.17, 15) is 13.6 Å². The van der Waals surface area contributed by atoms with Crippen molar-refractivity contribution in [2.45, 2.75) is 33.0 Å². The Bertz CT molecular complexity index is 881. The second-order valence-corrected chi connectivity index (χ2v) is 5.93. The molecule has 0 radical (unpaired) electrons. The van der Waals surface area contributed by atoms with E-state index < -0.39 is 12.0 Å². The molecule has 0 spiro atoms. The molecule has 2 heterocycles. The fourth-order valence-corrected chi connectivity index (χ4v) is 3.11. The van der Waals surface area contributed by atoms with E-state index in [0.717, 1.165) is 17.8 Å². The predicted molar refractivity (Wildman–Crippen MR) is 80.8 cm³/mol. The normalized spacial score (nSPS) is 12.9. The van der Waals surface area contributed by atoms with Crippen molar-refractivity contribution in [3.05, 3.63) is 39.5 Å². The fraction of sp³-hybridized carbons (Fsp3) is 0.357. The molecule has 3 rings (SSSR count). The van der Waals surface area contributed by atoms with Crippen molar-refractivity contribution in [2.75, 3.05) is 0 Å². The summed E-state index contributed by atoms with van der Waals surface area (Å²) in [7, 11) is 0. The van der Waals surface area contributed by atoms with Gasteiger partial charge in [0, 0.05) is 6.54 Å². The number of imidazole rings is 1. The maximum absolute atomic E-state index is 13.5. The van der Waals surface area contributed by atoms with Crippen LogP contribution in [0.25, 0.3) is 16.2 Å². The summed E-state index contributed by atoms with van der Waals surface area (Å²) in [4.78, 5) is 12.6. The van der Waals surface area contributed by atoms with Crippen LogP contribution in [0.4, 0.5) is 8.78 Å². The SMILES string of the molecule is CCCn1c(=O)n(-c2nnc(C(C)F)s2)c2ccc(F)cc21. The monoisotopic (exact) mass is 324 g/mol. The molecule has 0 aliphatic rings. The highest BCUT2D eigenvalue weighted by Crippen LogP contribution is 2.25. The van der Waals surface area contributed by atoms with Crippen molar-refractivity contribution in [2.24, 2.45) is 0 Å². The van der Waals surface area contributed by atoms with Gasteiger partial charge in [0.2, 0.25) is 5.13 Å². The molecular weight excluding hydrogens is 310 g/mol. The molecule has 116 valence electrons. The average Bonchev–Trinajstić information content (AvgIpc) is 3.04. The van der Waals surface area contributed by atoms with Crippen molar-refractivity contribution in [1.29, 1.82) is 0 Å². The maximum Gasteiger partial charge on any atom is 0.335 e. The van der Waals surface area contributed by atoms with Gasteiger partial charge < -0.3 is 0 Å². The summed E-state index contributed by atoms with van der Waals surface area (Å²) in [6.45, 7) is 3.77. The lowest BCUT2D eigenvalue weighted by Gasteiger charge is -1.99. The third-order valence-corrected chi connectivity index (χ3v) is 4.36.